The number of aliphatic carboxylic acids is 1. The predicted molar refractivity (Wildman–Crippen MR) is 105 cm³/mol. The van der Waals surface area contributed by atoms with E-state index >= 15 is 0 Å². The van der Waals surface area contributed by atoms with Crippen LogP contribution in [0.1, 0.15) is 0 Å². The van der Waals surface area contributed by atoms with Crippen molar-refractivity contribution in [3.8, 4) is 5.75 Å². The predicted octanol–water partition coefficient (Wildman–Crippen LogP) is 2.30. The summed E-state index contributed by atoms with van der Waals surface area (Å²) in [5, 5.41) is 28.4. The standard InChI is InChI=1S/C19H18N4O4S/c24-13(11-27-14-6-2-1-3-7-14)12-28-19-21-20-18-22(10-17(25)26)15-8-4-5-9-16(15)23(18)19/h1-9,13,24H,10-12H2,(H,25,26). The molecule has 28 heavy (non-hydrogen) atoms. The largest absolute Gasteiger partial charge is 0.491 e. The summed E-state index contributed by atoms with van der Waals surface area (Å²) in [5.41, 5.74) is 1.59. The number of rotatable bonds is 8. The quantitative estimate of drug-likeness (QED) is 0.439. The maximum Gasteiger partial charge on any atom is 0.323 e. The third-order valence-electron chi connectivity index (χ3n) is 4.15. The Balaban J connectivity index is 1.52. The van der Waals surface area contributed by atoms with Crippen molar-refractivity contribution in [3.63, 3.8) is 0 Å². The van der Waals surface area contributed by atoms with Gasteiger partial charge in [0.2, 0.25) is 5.78 Å². The monoisotopic (exact) mass is 398 g/mol. The highest BCUT2D eigenvalue weighted by Crippen LogP contribution is 2.26. The Kier molecular flexibility index (Phi) is 5.18. The highest BCUT2D eigenvalue weighted by Gasteiger charge is 2.19. The molecular formula is C19H18N4O4S. The number of nitrogens with zero attached hydrogens (tertiary/aromatic N) is 4. The summed E-state index contributed by atoms with van der Waals surface area (Å²) in [5.74, 6) is 0.578. The van der Waals surface area contributed by atoms with Crippen molar-refractivity contribution in [1.29, 1.82) is 0 Å². The zero-order chi connectivity index (χ0) is 19.5. The van der Waals surface area contributed by atoms with Gasteiger partial charge in [-0.2, -0.15) is 0 Å². The van der Waals surface area contributed by atoms with Crippen molar-refractivity contribution in [2.45, 2.75) is 17.8 Å². The lowest BCUT2D eigenvalue weighted by molar-refractivity contribution is -0.137. The van der Waals surface area contributed by atoms with Crippen LogP contribution in [0.15, 0.2) is 59.8 Å². The first-order valence-electron chi connectivity index (χ1n) is 8.66. The van der Waals surface area contributed by atoms with Crippen LogP contribution >= 0.6 is 11.8 Å². The van der Waals surface area contributed by atoms with Crippen LogP contribution in [0.4, 0.5) is 0 Å². The molecule has 0 aliphatic heterocycles. The van der Waals surface area contributed by atoms with Crippen molar-refractivity contribution in [1.82, 2.24) is 19.2 Å². The van der Waals surface area contributed by atoms with Gasteiger partial charge in [-0.1, -0.05) is 42.1 Å². The molecule has 0 aliphatic carbocycles. The lowest BCUT2D eigenvalue weighted by atomic mass is 10.3. The molecule has 2 heterocycles. The molecule has 0 bridgehead atoms. The zero-order valence-corrected chi connectivity index (χ0v) is 15.6. The summed E-state index contributed by atoms with van der Waals surface area (Å²) in [6.07, 6.45) is -0.690. The number of imidazole rings is 1. The minimum absolute atomic E-state index is 0.166. The Morgan fingerprint density at radius 3 is 2.54 bits per heavy atom. The van der Waals surface area contributed by atoms with Gasteiger partial charge in [0.1, 0.15) is 18.9 Å². The van der Waals surface area contributed by atoms with E-state index in [4.69, 9.17) is 4.74 Å². The molecule has 4 aromatic rings. The van der Waals surface area contributed by atoms with Gasteiger partial charge in [-0.25, -0.2) is 0 Å². The lowest BCUT2D eigenvalue weighted by Crippen LogP contribution is -2.20. The van der Waals surface area contributed by atoms with Gasteiger partial charge >= 0.3 is 5.97 Å². The van der Waals surface area contributed by atoms with Gasteiger partial charge < -0.3 is 14.9 Å². The smallest absolute Gasteiger partial charge is 0.323 e. The van der Waals surface area contributed by atoms with Crippen molar-refractivity contribution in [2.75, 3.05) is 12.4 Å². The Hall–Kier alpha value is -3.04. The fourth-order valence-corrected chi connectivity index (χ4v) is 3.80. The highest BCUT2D eigenvalue weighted by atomic mass is 32.2. The van der Waals surface area contributed by atoms with Crippen molar-refractivity contribution >= 4 is 34.5 Å². The van der Waals surface area contributed by atoms with E-state index in [-0.39, 0.29) is 13.2 Å². The number of benzene rings is 2. The second-order valence-corrected chi connectivity index (χ2v) is 7.16. The van der Waals surface area contributed by atoms with Crippen LogP contribution in [0.25, 0.3) is 16.8 Å². The van der Waals surface area contributed by atoms with E-state index in [9.17, 15) is 15.0 Å². The molecule has 144 valence electrons. The van der Waals surface area contributed by atoms with Crippen LogP contribution in [-0.2, 0) is 11.3 Å². The fraction of sp³-hybridized carbons (Fsp3) is 0.211. The molecule has 0 saturated carbocycles. The van der Waals surface area contributed by atoms with E-state index in [0.717, 1.165) is 11.0 Å². The second kappa shape index (κ2) is 7.91. The molecule has 0 amide bonds. The molecule has 0 fully saturated rings. The average molecular weight is 398 g/mol. The van der Waals surface area contributed by atoms with E-state index in [1.54, 1.807) is 4.57 Å². The molecule has 8 nitrogen and oxygen atoms in total. The van der Waals surface area contributed by atoms with Crippen molar-refractivity contribution in [2.24, 2.45) is 0 Å². The van der Waals surface area contributed by atoms with Crippen LogP contribution in [-0.4, -0.2) is 53.8 Å². The number of carbonyl (C=O) groups is 1. The summed E-state index contributed by atoms with van der Waals surface area (Å²) in [6.45, 7) is -0.0346. The van der Waals surface area contributed by atoms with Gasteiger partial charge in [0, 0.05) is 5.75 Å². The summed E-state index contributed by atoms with van der Waals surface area (Å²) < 4.78 is 9.00. The van der Waals surface area contributed by atoms with E-state index in [1.165, 1.54) is 11.8 Å². The number of para-hydroxylation sites is 3. The molecule has 4 rings (SSSR count). The number of hydrogen-bond donors (Lipinski definition) is 2. The van der Waals surface area contributed by atoms with Gasteiger partial charge in [-0.3, -0.25) is 13.8 Å². The lowest BCUT2D eigenvalue weighted by Gasteiger charge is -2.11. The molecule has 0 saturated heterocycles. The van der Waals surface area contributed by atoms with Gasteiger partial charge in [-0.15, -0.1) is 10.2 Å². The third kappa shape index (κ3) is 3.67. The molecule has 1 atom stereocenters. The number of ether oxygens (including phenoxy) is 1. The van der Waals surface area contributed by atoms with Crippen LogP contribution in [0, 0.1) is 0 Å². The summed E-state index contributed by atoms with van der Waals surface area (Å²) in [4.78, 5) is 11.2. The Morgan fingerprint density at radius 1 is 1.07 bits per heavy atom. The minimum atomic E-state index is -0.950. The van der Waals surface area contributed by atoms with Crippen molar-refractivity contribution in [3.05, 3.63) is 54.6 Å². The van der Waals surface area contributed by atoms with Crippen molar-refractivity contribution < 1.29 is 19.7 Å². The number of carboxylic acids is 1. The Labute approximate surface area is 164 Å². The zero-order valence-electron chi connectivity index (χ0n) is 14.8. The van der Waals surface area contributed by atoms with Crippen LogP contribution < -0.4 is 4.74 Å². The number of aromatic nitrogens is 4. The van der Waals surface area contributed by atoms with E-state index in [1.807, 2.05) is 59.0 Å². The molecule has 2 N–H and O–H groups in total. The molecule has 2 aromatic heterocycles. The van der Waals surface area contributed by atoms with E-state index < -0.39 is 12.1 Å². The number of carboxylic acid groups (broad SMARTS) is 1. The summed E-state index contributed by atoms with van der Waals surface area (Å²) in [7, 11) is 0. The third-order valence-corrected chi connectivity index (χ3v) is 5.23. The minimum Gasteiger partial charge on any atom is -0.491 e. The number of fused-ring (bicyclic) bond motifs is 3. The maximum absolute atomic E-state index is 11.2. The molecule has 0 aliphatic rings. The average Bonchev–Trinajstić information content (AvgIpc) is 3.25. The maximum atomic E-state index is 11.2. The van der Waals surface area contributed by atoms with E-state index in [2.05, 4.69) is 10.2 Å². The number of aliphatic hydroxyl groups is 1. The van der Waals surface area contributed by atoms with E-state index in [0.29, 0.717) is 22.4 Å². The SMILES string of the molecule is O=C(O)Cn1c2ccccc2n2c(SCC(O)COc3ccccc3)nnc12. The fourth-order valence-electron chi connectivity index (χ4n) is 2.95. The molecule has 1 unspecified atom stereocenters. The first kappa shape index (κ1) is 18.3. The number of hydrogen-bond acceptors (Lipinski definition) is 6. The number of thioether (sulfide) groups is 1. The Morgan fingerprint density at radius 2 is 1.79 bits per heavy atom. The van der Waals surface area contributed by atoms with Gasteiger partial charge in [0.05, 0.1) is 17.1 Å². The van der Waals surface area contributed by atoms with Crippen LogP contribution in [0.3, 0.4) is 0 Å². The molecule has 2 aromatic carbocycles. The topological polar surface area (TPSA) is 102 Å². The molecular weight excluding hydrogens is 380 g/mol. The molecule has 0 radical (unpaired) electrons. The second-order valence-electron chi connectivity index (χ2n) is 6.18. The van der Waals surface area contributed by atoms with Gasteiger partial charge in [-0.05, 0) is 24.3 Å². The normalized spacial score (nSPS) is 12.5. The van der Waals surface area contributed by atoms with Crippen LogP contribution in [0.2, 0.25) is 0 Å². The van der Waals surface area contributed by atoms with Crippen LogP contribution in [0.5, 0.6) is 5.75 Å². The van der Waals surface area contributed by atoms with Gasteiger partial charge in [0.15, 0.2) is 5.16 Å². The van der Waals surface area contributed by atoms with Gasteiger partial charge in [0.25, 0.3) is 0 Å². The number of aliphatic hydroxyl groups excluding tert-OH is 1. The molecule has 9 heteroatoms. The Bertz CT molecular complexity index is 1110. The first-order valence-corrected chi connectivity index (χ1v) is 9.65. The first-order chi connectivity index (χ1) is 13.6. The summed E-state index contributed by atoms with van der Waals surface area (Å²) in [6, 6.07) is 16.8. The highest BCUT2D eigenvalue weighted by molar-refractivity contribution is 7.99. The summed E-state index contributed by atoms with van der Waals surface area (Å²) >= 11 is 1.35. The molecule has 0 spiro atoms.